The summed E-state index contributed by atoms with van der Waals surface area (Å²) in [7, 11) is 1.39. The van der Waals surface area contributed by atoms with Gasteiger partial charge >= 0.3 is 5.97 Å². The van der Waals surface area contributed by atoms with Gasteiger partial charge in [-0.3, -0.25) is 4.79 Å². The third kappa shape index (κ3) is 3.85. The maximum Gasteiger partial charge on any atom is 0.328 e. The molecule has 7 heteroatoms. The molecule has 0 aliphatic rings. The zero-order valence-electron chi connectivity index (χ0n) is 13.7. The molecule has 1 unspecified atom stereocenters. The second-order valence-electron chi connectivity index (χ2n) is 5.42. The van der Waals surface area contributed by atoms with Crippen molar-refractivity contribution >= 4 is 27.8 Å². The minimum absolute atomic E-state index is 0.0908. The second-order valence-corrected chi connectivity index (χ2v) is 6.33. The van der Waals surface area contributed by atoms with E-state index in [0.29, 0.717) is 5.56 Å². The lowest BCUT2D eigenvalue weighted by molar-refractivity contribution is -0.140. The summed E-state index contributed by atoms with van der Waals surface area (Å²) in [5.74, 6) is -1.57. The molecule has 128 valence electrons. The first-order valence-electron chi connectivity index (χ1n) is 7.32. The Morgan fingerprint density at radius 3 is 2.46 bits per heavy atom. The van der Waals surface area contributed by atoms with Crippen molar-refractivity contribution < 1.29 is 19.4 Å². The van der Waals surface area contributed by atoms with Crippen LogP contribution in [0.2, 0.25) is 0 Å². The molecule has 1 aromatic carbocycles. The van der Waals surface area contributed by atoms with E-state index < -0.39 is 17.9 Å². The average Bonchev–Trinajstić information content (AvgIpc) is 2.83. The highest BCUT2D eigenvalue weighted by atomic mass is 79.9. The fourth-order valence-corrected chi connectivity index (χ4v) is 2.82. The van der Waals surface area contributed by atoms with Gasteiger partial charge in [-0.1, -0.05) is 15.9 Å². The van der Waals surface area contributed by atoms with E-state index in [0.717, 1.165) is 21.5 Å². The molecule has 2 N–H and O–H groups in total. The van der Waals surface area contributed by atoms with E-state index in [2.05, 4.69) is 21.2 Å². The van der Waals surface area contributed by atoms with E-state index in [1.165, 1.54) is 7.11 Å². The quantitative estimate of drug-likeness (QED) is 0.788. The van der Waals surface area contributed by atoms with Crippen LogP contribution in [0.5, 0.6) is 0 Å². The van der Waals surface area contributed by atoms with Crippen molar-refractivity contribution in [1.29, 1.82) is 0 Å². The summed E-state index contributed by atoms with van der Waals surface area (Å²) in [4.78, 5) is 23.6. The molecule has 0 bridgehead atoms. The van der Waals surface area contributed by atoms with Crippen molar-refractivity contribution in [2.24, 2.45) is 0 Å². The first-order valence-corrected chi connectivity index (χ1v) is 8.12. The van der Waals surface area contributed by atoms with E-state index >= 15 is 0 Å². The fraction of sp³-hybridized carbons (Fsp3) is 0.294. The summed E-state index contributed by atoms with van der Waals surface area (Å²) in [5, 5.41) is 11.6. The van der Waals surface area contributed by atoms with E-state index in [1.807, 2.05) is 42.7 Å². The second kappa shape index (κ2) is 7.63. The highest BCUT2D eigenvalue weighted by Crippen LogP contribution is 2.22. The molecular formula is C17H19BrN2O4. The standard InChI is InChI=1S/C17H19BrN2O4/c1-10-8-14(16(21)19-15(9-24-3)17(22)23)11(2)20(10)13-6-4-12(18)5-7-13/h4-8,15H,9H2,1-3H3,(H,19,21)(H,22,23). The van der Waals surface area contributed by atoms with E-state index in [4.69, 9.17) is 9.84 Å². The number of nitrogens with zero attached hydrogens (tertiary/aromatic N) is 1. The number of methoxy groups -OCH3 is 1. The van der Waals surface area contributed by atoms with Crippen LogP contribution < -0.4 is 5.32 Å². The third-order valence-corrected chi connectivity index (χ3v) is 4.23. The maximum absolute atomic E-state index is 12.5. The highest BCUT2D eigenvalue weighted by Gasteiger charge is 2.23. The van der Waals surface area contributed by atoms with Crippen LogP contribution in [-0.2, 0) is 9.53 Å². The predicted octanol–water partition coefficient (Wildman–Crippen LogP) is 2.69. The maximum atomic E-state index is 12.5. The summed E-state index contributed by atoms with van der Waals surface area (Å²) in [6.07, 6.45) is 0. The van der Waals surface area contributed by atoms with Crippen LogP contribution in [0.3, 0.4) is 0 Å². The molecule has 1 heterocycles. The number of hydrogen-bond donors (Lipinski definition) is 2. The predicted molar refractivity (Wildman–Crippen MR) is 93.7 cm³/mol. The van der Waals surface area contributed by atoms with Gasteiger partial charge in [0.2, 0.25) is 0 Å². The van der Waals surface area contributed by atoms with Crippen molar-refractivity contribution in [2.45, 2.75) is 19.9 Å². The first kappa shape index (κ1) is 18.2. The minimum Gasteiger partial charge on any atom is -0.480 e. The lowest BCUT2D eigenvalue weighted by Gasteiger charge is -2.14. The molecule has 1 aromatic heterocycles. The van der Waals surface area contributed by atoms with Gasteiger partial charge in [-0.05, 0) is 44.2 Å². The molecule has 1 atom stereocenters. The van der Waals surface area contributed by atoms with Gasteiger partial charge in [0.05, 0.1) is 12.2 Å². The number of aromatic nitrogens is 1. The molecule has 0 fully saturated rings. The Kier molecular flexibility index (Phi) is 5.80. The monoisotopic (exact) mass is 394 g/mol. The molecule has 0 spiro atoms. The molecule has 0 aliphatic carbocycles. The number of carbonyl (C=O) groups excluding carboxylic acids is 1. The summed E-state index contributed by atoms with van der Waals surface area (Å²) < 4.78 is 7.76. The Bertz CT molecular complexity index is 753. The van der Waals surface area contributed by atoms with Crippen LogP contribution in [0, 0.1) is 13.8 Å². The summed E-state index contributed by atoms with van der Waals surface area (Å²) in [6, 6.07) is 8.39. The fourth-order valence-electron chi connectivity index (χ4n) is 2.56. The van der Waals surface area contributed by atoms with Crippen LogP contribution >= 0.6 is 15.9 Å². The lowest BCUT2D eigenvalue weighted by atomic mass is 10.2. The molecular weight excluding hydrogens is 376 g/mol. The van der Waals surface area contributed by atoms with E-state index in [9.17, 15) is 9.59 Å². The van der Waals surface area contributed by atoms with Crippen LogP contribution in [0.15, 0.2) is 34.8 Å². The van der Waals surface area contributed by atoms with Gasteiger partial charge < -0.3 is 19.7 Å². The molecule has 0 aliphatic heterocycles. The minimum atomic E-state index is -1.13. The van der Waals surface area contributed by atoms with Crippen molar-refractivity contribution in [1.82, 2.24) is 9.88 Å². The SMILES string of the molecule is COCC(NC(=O)c1cc(C)n(-c2ccc(Br)cc2)c1C)C(=O)O. The number of aryl methyl sites for hydroxylation is 1. The number of rotatable bonds is 6. The van der Waals surface area contributed by atoms with E-state index in [1.54, 1.807) is 6.07 Å². The lowest BCUT2D eigenvalue weighted by Crippen LogP contribution is -2.43. The number of carboxylic acids is 1. The van der Waals surface area contributed by atoms with Gasteiger partial charge in [0.1, 0.15) is 0 Å². The zero-order valence-corrected chi connectivity index (χ0v) is 15.3. The largest absolute Gasteiger partial charge is 0.480 e. The average molecular weight is 395 g/mol. The molecule has 24 heavy (non-hydrogen) atoms. The molecule has 2 rings (SSSR count). The molecule has 0 saturated heterocycles. The molecule has 0 saturated carbocycles. The number of amides is 1. The Morgan fingerprint density at radius 2 is 1.92 bits per heavy atom. The van der Waals surface area contributed by atoms with Crippen LogP contribution in [0.1, 0.15) is 21.7 Å². The summed E-state index contributed by atoms with van der Waals surface area (Å²) in [6.45, 7) is 3.64. The Balaban J connectivity index is 2.32. The summed E-state index contributed by atoms with van der Waals surface area (Å²) >= 11 is 3.40. The van der Waals surface area contributed by atoms with Crippen LogP contribution in [-0.4, -0.2) is 41.3 Å². The number of hydrogen-bond acceptors (Lipinski definition) is 3. The topological polar surface area (TPSA) is 80.6 Å². The van der Waals surface area contributed by atoms with Crippen molar-refractivity contribution in [3.8, 4) is 5.69 Å². The van der Waals surface area contributed by atoms with Gasteiger partial charge in [0, 0.05) is 28.7 Å². The normalized spacial score (nSPS) is 12.0. The summed E-state index contributed by atoms with van der Waals surface area (Å²) in [5.41, 5.74) is 3.00. The molecule has 2 aromatic rings. The highest BCUT2D eigenvalue weighted by molar-refractivity contribution is 9.10. The Labute approximate surface area is 148 Å². The number of carboxylic acid groups (broad SMARTS) is 1. The number of aliphatic carboxylic acids is 1. The zero-order chi connectivity index (χ0) is 17.9. The molecule has 6 nitrogen and oxygen atoms in total. The van der Waals surface area contributed by atoms with Crippen LogP contribution in [0.4, 0.5) is 0 Å². The van der Waals surface area contributed by atoms with Crippen molar-refractivity contribution in [2.75, 3.05) is 13.7 Å². The Morgan fingerprint density at radius 1 is 1.29 bits per heavy atom. The van der Waals surface area contributed by atoms with Crippen molar-refractivity contribution in [3.63, 3.8) is 0 Å². The van der Waals surface area contributed by atoms with E-state index in [-0.39, 0.29) is 6.61 Å². The smallest absolute Gasteiger partial charge is 0.328 e. The first-order chi connectivity index (χ1) is 11.3. The molecule has 1 amide bonds. The number of carbonyl (C=O) groups is 2. The molecule has 0 radical (unpaired) electrons. The van der Waals surface area contributed by atoms with Crippen LogP contribution in [0.25, 0.3) is 5.69 Å². The third-order valence-electron chi connectivity index (χ3n) is 3.70. The van der Waals surface area contributed by atoms with Gasteiger partial charge in [0.15, 0.2) is 6.04 Å². The van der Waals surface area contributed by atoms with Gasteiger partial charge in [0.25, 0.3) is 5.91 Å². The van der Waals surface area contributed by atoms with Gasteiger partial charge in [-0.25, -0.2) is 4.79 Å². The van der Waals surface area contributed by atoms with Gasteiger partial charge in [-0.15, -0.1) is 0 Å². The number of nitrogens with one attached hydrogen (secondary N) is 1. The number of ether oxygens (including phenoxy) is 1. The number of benzene rings is 1. The number of halogens is 1. The Hall–Kier alpha value is -2.12. The van der Waals surface area contributed by atoms with Crippen molar-refractivity contribution in [3.05, 3.63) is 51.8 Å². The van der Waals surface area contributed by atoms with Gasteiger partial charge in [-0.2, -0.15) is 0 Å².